The molecule has 1 heterocycles. The Bertz CT molecular complexity index is 491. The average molecular weight is 290 g/mol. The summed E-state index contributed by atoms with van der Waals surface area (Å²) >= 11 is 0. The van der Waals surface area contributed by atoms with Crippen molar-refractivity contribution in [3.05, 3.63) is 29.8 Å². The minimum absolute atomic E-state index is 0.104. The van der Waals surface area contributed by atoms with E-state index in [2.05, 4.69) is 12.2 Å². The third kappa shape index (κ3) is 4.21. The van der Waals surface area contributed by atoms with Gasteiger partial charge in [0.25, 0.3) is 0 Å². The Morgan fingerprint density at radius 2 is 1.86 bits per heavy atom. The molecule has 0 saturated carbocycles. The number of likely N-dealkylation sites (tertiary alicyclic amines) is 1. The lowest BCUT2D eigenvalue weighted by Crippen LogP contribution is -2.41. The molecular formula is C16H22N2O3. The number of rotatable bonds is 4. The van der Waals surface area contributed by atoms with Gasteiger partial charge in [-0.15, -0.1) is 0 Å². The zero-order valence-electron chi connectivity index (χ0n) is 12.3. The van der Waals surface area contributed by atoms with Crippen molar-refractivity contribution in [2.75, 3.05) is 18.4 Å². The van der Waals surface area contributed by atoms with E-state index in [1.165, 1.54) is 25.0 Å². The number of carboxylic acid groups (broad SMARTS) is 1. The van der Waals surface area contributed by atoms with E-state index in [9.17, 15) is 9.59 Å². The molecule has 1 aliphatic heterocycles. The summed E-state index contributed by atoms with van der Waals surface area (Å²) in [5.74, 6) is -0.222. The van der Waals surface area contributed by atoms with Crippen LogP contribution in [-0.4, -0.2) is 35.1 Å². The zero-order valence-corrected chi connectivity index (χ0v) is 12.3. The van der Waals surface area contributed by atoms with Crippen molar-refractivity contribution in [3.63, 3.8) is 0 Å². The smallest absolute Gasteiger partial charge is 0.335 e. The predicted molar refractivity (Wildman–Crippen MR) is 81.6 cm³/mol. The minimum atomic E-state index is -0.967. The molecule has 2 amide bonds. The van der Waals surface area contributed by atoms with Gasteiger partial charge in [0.05, 0.1) is 5.56 Å². The maximum absolute atomic E-state index is 12.1. The number of aromatic carboxylic acids is 1. The number of carboxylic acids is 1. The third-order valence-corrected chi connectivity index (χ3v) is 3.98. The molecule has 1 aromatic rings. The van der Waals surface area contributed by atoms with Crippen LogP contribution in [0.3, 0.4) is 0 Å². The molecule has 0 bridgehead atoms. The van der Waals surface area contributed by atoms with E-state index in [4.69, 9.17) is 5.11 Å². The van der Waals surface area contributed by atoms with Crippen molar-refractivity contribution in [2.45, 2.75) is 32.6 Å². The predicted octanol–water partition coefficient (Wildman–Crippen LogP) is 3.43. The molecule has 114 valence electrons. The summed E-state index contributed by atoms with van der Waals surface area (Å²) in [4.78, 5) is 24.8. The van der Waals surface area contributed by atoms with Gasteiger partial charge in [-0.05, 0) is 43.0 Å². The van der Waals surface area contributed by atoms with Crippen LogP contribution >= 0.6 is 0 Å². The van der Waals surface area contributed by atoms with Gasteiger partial charge in [-0.3, -0.25) is 0 Å². The molecule has 1 aromatic carbocycles. The molecule has 5 nitrogen and oxygen atoms in total. The highest BCUT2D eigenvalue weighted by Crippen LogP contribution is 2.22. The Labute approximate surface area is 125 Å². The zero-order chi connectivity index (χ0) is 15.2. The molecule has 1 fully saturated rings. The molecule has 0 unspecified atom stereocenters. The summed E-state index contributed by atoms with van der Waals surface area (Å²) < 4.78 is 0. The quantitative estimate of drug-likeness (QED) is 0.892. The number of amides is 2. The first-order valence-corrected chi connectivity index (χ1v) is 7.49. The lowest BCUT2D eigenvalue weighted by atomic mass is 9.93. The number of nitrogens with one attached hydrogen (secondary N) is 1. The van der Waals surface area contributed by atoms with Gasteiger partial charge < -0.3 is 15.3 Å². The number of carbonyl (C=O) groups excluding carboxylic acids is 1. The largest absolute Gasteiger partial charge is 0.478 e. The van der Waals surface area contributed by atoms with Crippen LogP contribution in [0.25, 0.3) is 0 Å². The van der Waals surface area contributed by atoms with Crippen molar-refractivity contribution < 1.29 is 14.7 Å². The van der Waals surface area contributed by atoms with Crippen LogP contribution in [0.4, 0.5) is 10.5 Å². The average Bonchev–Trinajstić information content (AvgIpc) is 2.49. The summed E-state index contributed by atoms with van der Waals surface area (Å²) in [7, 11) is 0. The first-order chi connectivity index (χ1) is 10.1. The maximum Gasteiger partial charge on any atom is 0.335 e. The molecule has 0 radical (unpaired) electrons. The fourth-order valence-corrected chi connectivity index (χ4v) is 2.73. The maximum atomic E-state index is 12.1. The second-order valence-corrected chi connectivity index (χ2v) is 5.53. The molecular weight excluding hydrogens is 268 g/mol. The summed E-state index contributed by atoms with van der Waals surface area (Å²) in [6.07, 6.45) is 4.58. The van der Waals surface area contributed by atoms with Crippen LogP contribution in [0.1, 0.15) is 43.0 Å². The van der Waals surface area contributed by atoms with E-state index in [1.807, 2.05) is 4.90 Å². The minimum Gasteiger partial charge on any atom is -0.478 e. The Morgan fingerprint density at radius 3 is 2.38 bits per heavy atom. The van der Waals surface area contributed by atoms with Gasteiger partial charge in [0.15, 0.2) is 0 Å². The molecule has 0 aromatic heterocycles. The van der Waals surface area contributed by atoms with Gasteiger partial charge in [-0.25, -0.2) is 9.59 Å². The topological polar surface area (TPSA) is 69.6 Å². The number of carbonyl (C=O) groups is 2. The fraction of sp³-hybridized carbons (Fsp3) is 0.500. The molecule has 1 saturated heterocycles. The van der Waals surface area contributed by atoms with E-state index in [-0.39, 0.29) is 11.6 Å². The monoisotopic (exact) mass is 290 g/mol. The number of hydrogen-bond acceptors (Lipinski definition) is 2. The molecule has 0 spiro atoms. The van der Waals surface area contributed by atoms with E-state index >= 15 is 0 Å². The van der Waals surface area contributed by atoms with Crippen molar-refractivity contribution in [2.24, 2.45) is 5.92 Å². The normalized spacial score (nSPS) is 15.8. The van der Waals surface area contributed by atoms with Crippen molar-refractivity contribution in [1.29, 1.82) is 0 Å². The number of hydrogen-bond donors (Lipinski definition) is 2. The number of piperidine rings is 1. The summed E-state index contributed by atoms with van der Waals surface area (Å²) in [6.45, 7) is 3.79. The van der Waals surface area contributed by atoms with Crippen LogP contribution in [-0.2, 0) is 0 Å². The highest BCUT2D eigenvalue weighted by molar-refractivity contribution is 5.91. The van der Waals surface area contributed by atoms with Crippen LogP contribution in [0, 0.1) is 5.92 Å². The van der Waals surface area contributed by atoms with Gasteiger partial charge in [0.1, 0.15) is 0 Å². The second kappa shape index (κ2) is 7.11. The van der Waals surface area contributed by atoms with Gasteiger partial charge in [-0.2, -0.15) is 0 Å². The molecule has 1 aliphatic rings. The van der Waals surface area contributed by atoms with Crippen LogP contribution in [0.2, 0.25) is 0 Å². The van der Waals surface area contributed by atoms with Gasteiger partial charge in [0.2, 0.25) is 0 Å². The number of urea groups is 1. The second-order valence-electron chi connectivity index (χ2n) is 5.53. The molecule has 0 aliphatic carbocycles. The fourth-order valence-electron chi connectivity index (χ4n) is 2.73. The standard InChI is InChI=1S/C16H22N2O3/c1-2-3-12-8-10-18(11-9-12)16(21)17-14-6-4-13(5-7-14)15(19)20/h4-7,12H,2-3,8-11H2,1H3,(H,17,21)(H,19,20). The summed E-state index contributed by atoms with van der Waals surface area (Å²) in [5.41, 5.74) is 0.842. The van der Waals surface area contributed by atoms with Crippen LogP contribution in [0.5, 0.6) is 0 Å². The van der Waals surface area contributed by atoms with Crippen molar-refractivity contribution in [1.82, 2.24) is 4.90 Å². The highest BCUT2D eigenvalue weighted by Gasteiger charge is 2.22. The van der Waals surface area contributed by atoms with E-state index in [0.717, 1.165) is 31.8 Å². The first kappa shape index (κ1) is 15.4. The van der Waals surface area contributed by atoms with Crippen LogP contribution < -0.4 is 5.32 Å². The molecule has 0 atom stereocenters. The molecule has 21 heavy (non-hydrogen) atoms. The summed E-state index contributed by atoms with van der Waals surface area (Å²) in [5, 5.41) is 11.7. The van der Waals surface area contributed by atoms with Gasteiger partial charge in [-0.1, -0.05) is 19.8 Å². The number of nitrogens with zero attached hydrogens (tertiary/aromatic N) is 1. The molecule has 2 N–H and O–H groups in total. The highest BCUT2D eigenvalue weighted by atomic mass is 16.4. The molecule has 5 heteroatoms. The van der Waals surface area contributed by atoms with E-state index in [1.54, 1.807) is 12.1 Å². The Balaban J connectivity index is 1.86. The Kier molecular flexibility index (Phi) is 5.20. The Morgan fingerprint density at radius 1 is 1.24 bits per heavy atom. The number of benzene rings is 1. The van der Waals surface area contributed by atoms with E-state index < -0.39 is 5.97 Å². The summed E-state index contributed by atoms with van der Waals surface area (Å²) in [6, 6.07) is 6.11. The first-order valence-electron chi connectivity index (χ1n) is 7.49. The third-order valence-electron chi connectivity index (χ3n) is 3.98. The van der Waals surface area contributed by atoms with Crippen molar-refractivity contribution in [3.8, 4) is 0 Å². The van der Waals surface area contributed by atoms with Gasteiger partial charge >= 0.3 is 12.0 Å². The van der Waals surface area contributed by atoms with E-state index in [0.29, 0.717) is 5.69 Å². The van der Waals surface area contributed by atoms with Gasteiger partial charge in [0, 0.05) is 18.8 Å². The number of anilines is 1. The SMILES string of the molecule is CCCC1CCN(C(=O)Nc2ccc(C(=O)O)cc2)CC1. The van der Waals surface area contributed by atoms with Crippen molar-refractivity contribution >= 4 is 17.7 Å². The Hall–Kier alpha value is -2.04. The van der Waals surface area contributed by atoms with Crippen LogP contribution in [0.15, 0.2) is 24.3 Å². The lowest BCUT2D eigenvalue weighted by molar-refractivity contribution is 0.0697. The molecule has 2 rings (SSSR count). The lowest BCUT2D eigenvalue weighted by Gasteiger charge is -2.31.